The van der Waals surface area contributed by atoms with E-state index in [-0.39, 0.29) is 20.9 Å². The second-order valence-electron chi connectivity index (χ2n) is 5.53. The normalized spacial score (nSPS) is 9.93. The molecular weight excluding hydrogens is 376 g/mol. The summed E-state index contributed by atoms with van der Waals surface area (Å²) in [7, 11) is 0. The van der Waals surface area contributed by atoms with Crippen molar-refractivity contribution in [2.24, 2.45) is 0 Å². The van der Waals surface area contributed by atoms with E-state index in [2.05, 4.69) is 13.2 Å². The summed E-state index contributed by atoms with van der Waals surface area (Å²) in [5.41, 5.74) is 1.40. The van der Waals surface area contributed by atoms with Gasteiger partial charge in [0.15, 0.2) is 0 Å². The first-order valence-electron chi connectivity index (χ1n) is 7.65. The minimum Gasteiger partial charge on any atom is -0.425 e. The van der Waals surface area contributed by atoms with Crippen LogP contribution in [0.15, 0.2) is 24.3 Å². The standard InChI is InChI=1S/C18H20O8S/c1-9(2)15(19)23-7-25-17(21)13-11(5)12(6)14(27-13)18(22)26-8-24-16(20)10(3)4/h1,3,7-8H2,2,4-6H3. The molecule has 8 nitrogen and oxygen atoms in total. The highest BCUT2D eigenvalue weighted by atomic mass is 32.1. The number of ether oxygens (including phenoxy) is 4. The average Bonchev–Trinajstić information content (AvgIpc) is 2.89. The number of thiophene rings is 1. The summed E-state index contributed by atoms with van der Waals surface area (Å²) in [5, 5.41) is 0. The van der Waals surface area contributed by atoms with E-state index in [9.17, 15) is 19.2 Å². The lowest BCUT2D eigenvalue weighted by atomic mass is 10.1. The summed E-state index contributed by atoms with van der Waals surface area (Å²) >= 11 is 0.867. The van der Waals surface area contributed by atoms with Gasteiger partial charge in [-0.25, -0.2) is 19.2 Å². The lowest BCUT2D eigenvalue weighted by Crippen LogP contribution is -2.13. The topological polar surface area (TPSA) is 105 Å². The molecule has 0 unspecified atom stereocenters. The number of hydrogen-bond donors (Lipinski definition) is 0. The molecule has 0 spiro atoms. The second kappa shape index (κ2) is 9.67. The average molecular weight is 396 g/mol. The third-order valence-electron chi connectivity index (χ3n) is 3.28. The van der Waals surface area contributed by atoms with Gasteiger partial charge in [0.1, 0.15) is 9.75 Å². The molecule has 0 atom stereocenters. The largest absolute Gasteiger partial charge is 0.425 e. The predicted octanol–water partition coefficient (Wildman–Crippen LogP) is 2.83. The van der Waals surface area contributed by atoms with E-state index in [1.54, 1.807) is 13.8 Å². The van der Waals surface area contributed by atoms with E-state index in [1.807, 2.05) is 0 Å². The van der Waals surface area contributed by atoms with Gasteiger partial charge < -0.3 is 18.9 Å². The van der Waals surface area contributed by atoms with Crippen LogP contribution in [0.2, 0.25) is 0 Å². The van der Waals surface area contributed by atoms with Crippen molar-refractivity contribution < 1.29 is 38.1 Å². The number of hydrogen-bond acceptors (Lipinski definition) is 9. The molecule has 9 heteroatoms. The van der Waals surface area contributed by atoms with Gasteiger partial charge in [-0.3, -0.25) is 0 Å². The van der Waals surface area contributed by atoms with E-state index in [0.717, 1.165) is 11.3 Å². The Labute approximate surface area is 160 Å². The molecule has 0 fully saturated rings. The van der Waals surface area contributed by atoms with Crippen molar-refractivity contribution >= 4 is 35.2 Å². The molecule has 0 aliphatic heterocycles. The smallest absolute Gasteiger partial charge is 0.351 e. The number of carbonyl (C=O) groups excluding carboxylic acids is 4. The SMILES string of the molecule is C=C(C)C(=O)OCOC(=O)c1sc(C(=O)OCOC(=O)C(=C)C)c(C)c1C. The fourth-order valence-electron chi connectivity index (χ4n) is 1.64. The highest BCUT2D eigenvalue weighted by Gasteiger charge is 2.24. The Hall–Kier alpha value is -2.94. The van der Waals surface area contributed by atoms with Crippen molar-refractivity contribution in [3.05, 3.63) is 45.2 Å². The Bertz CT molecular complexity index is 738. The van der Waals surface area contributed by atoms with E-state index < -0.39 is 37.5 Å². The zero-order chi connectivity index (χ0) is 20.7. The summed E-state index contributed by atoms with van der Waals surface area (Å²) in [6.07, 6.45) is 0. The summed E-state index contributed by atoms with van der Waals surface area (Å²) in [6, 6.07) is 0. The number of carbonyl (C=O) groups is 4. The van der Waals surface area contributed by atoms with Crippen LogP contribution in [0.25, 0.3) is 0 Å². The van der Waals surface area contributed by atoms with Crippen LogP contribution in [0.1, 0.15) is 44.3 Å². The molecule has 0 saturated carbocycles. The van der Waals surface area contributed by atoms with Crippen LogP contribution < -0.4 is 0 Å². The molecule has 1 aromatic heterocycles. The fourth-order valence-corrected chi connectivity index (χ4v) is 2.74. The van der Waals surface area contributed by atoms with Gasteiger partial charge in [0.05, 0.1) is 0 Å². The summed E-state index contributed by atoms with van der Waals surface area (Å²) in [4.78, 5) is 47.1. The van der Waals surface area contributed by atoms with Crippen molar-refractivity contribution in [2.45, 2.75) is 27.7 Å². The fraction of sp³-hybridized carbons (Fsp3) is 0.333. The molecule has 1 heterocycles. The summed E-state index contributed by atoms with van der Waals surface area (Å²) in [5.74, 6) is -2.86. The van der Waals surface area contributed by atoms with Crippen LogP contribution >= 0.6 is 11.3 Å². The zero-order valence-corrected chi connectivity index (χ0v) is 16.3. The highest BCUT2D eigenvalue weighted by molar-refractivity contribution is 7.16. The second-order valence-corrected chi connectivity index (χ2v) is 6.55. The molecule has 0 N–H and O–H groups in total. The van der Waals surface area contributed by atoms with Gasteiger partial charge in [0.25, 0.3) is 0 Å². The molecular formula is C18H20O8S. The molecule has 0 aliphatic carbocycles. The molecule has 0 bridgehead atoms. The van der Waals surface area contributed by atoms with E-state index >= 15 is 0 Å². The van der Waals surface area contributed by atoms with E-state index in [4.69, 9.17) is 18.9 Å². The van der Waals surface area contributed by atoms with Gasteiger partial charge in [-0.2, -0.15) is 0 Å². The monoisotopic (exact) mass is 396 g/mol. The van der Waals surface area contributed by atoms with Crippen LogP contribution in [0.4, 0.5) is 0 Å². The van der Waals surface area contributed by atoms with Crippen molar-refractivity contribution in [3.63, 3.8) is 0 Å². The van der Waals surface area contributed by atoms with Gasteiger partial charge in [-0.15, -0.1) is 11.3 Å². The van der Waals surface area contributed by atoms with Gasteiger partial charge >= 0.3 is 23.9 Å². The summed E-state index contributed by atoms with van der Waals surface area (Å²) < 4.78 is 19.1. The van der Waals surface area contributed by atoms with Crippen LogP contribution in [-0.4, -0.2) is 37.5 Å². The minimum absolute atomic E-state index is 0.171. The van der Waals surface area contributed by atoms with E-state index in [1.165, 1.54) is 13.8 Å². The Morgan fingerprint density at radius 2 is 1.07 bits per heavy atom. The zero-order valence-electron chi connectivity index (χ0n) is 15.5. The minimum atomic E-state index is -0.747. The molecule has 1 aromatic rings. The molecule has 1 rings (SSSR count). The third kappa shape index (κ3) is 6.07. The Kier molecular flexibility index (Phi) is 7.92. The van der Waals surface area contributed by atoms with Gasteiger partial charge in [-0.05, 0) is 38.8 Å². The molecule has 0 saturated heterocycles. The number of esters is 4. The molecule has 0 amide bonds. The van der Waals surface area contributed by atoms with Gasteiger partial charge in [-0.1, -0.05) is 13.2 Å². The quantitative estimate of drug-likeness (QED) is 0.375. The first kappa shape index (κ1) is 22.1. The Morgan fingerprint density at radius 1 is 0.741 bits per heavy atom. The molecule has 0 aliphatic rings. The van der Waals surface area contributed by atoms with Crippen molar-refractivity contribution in [1.82, 2.24) is 0 Å². The van der Waals surface area contributed by atoms with Gasteiger partial charge in [0.2, 0.25) is 13.6 Å². The highest BCUT2D eigenvalue weighted by Crippen LogP contribution is 2.29. The molecule has 0 radical (unpaired) electrons. The first-order chi connectivity index (χ1) is 12.6. The van der Waals surface area contributed by atoms with Crippen molar-refractivity contribution in [1.29, 1.82) is 0 Å². The predicted molar refractivity (Wildman–Crippen MR) is 96.2 cm³/mol. The van der Waals surface area contributed by atoms with Crippen LogP contribution in [0, 0.1) is 13.8 Å². The Morgan fingerprint density at radius 3 is 1.37 bits per heavy atom. The van der Waals surface area contributed by atoms with Crippen LogP contribution in [0.3, 0.4) is 0 Å². The van der Waals surface area contributed by atoms with Crippen molar-refractivity contribution in [2.75, 3.05) is 13.6 Å². The maximum Gasteiger partial charge on any atom is 0.351 e. The van der Waals surface area contributed by atoms with Crippen molar-refractivity contribution in [3.8, 4) is 0 Å². The van der Waals surface area contributed by atoms with E-state index in [0.29, 0.717) is 11.1 Å². The third-order valence-corrected chi connectivity index (χ3v) is 4.63. The molecule has 146 valence electrons. The maximum atomic E-state index is 12.1. The maximum absolute atomic E-state index is 12.1. The molecule has 27 heavy (non-hydrogen) atoms. The first-order valence-corrected chi connectivity index (χ1v) is 8.47. The molecule has 0 aromatic carbocycles. The summed E-state index contributed by atoms with van der Waals surface area (Å²) in [6.45, 7) is 11.9. The number of rotatable bonds is 8. The lowest BCUT2D eigenvalue weighted by molar-refractivity contribution is -0.148. The van der Waals surface area contributed by atoms with Crippen LogP contribution in [0.5, 0.6) is 0 Å². The Balaban J connectivity index is 2.72. The van der Waals surface area contributed by atoms with Crippen LogP contribution in [-0.2, 0) is 28.5 Å². The van der Waals surface area contributed by atoms with Gasteiger partial charge in [0, 0.05) is 11.1 Å². The lowest BCUT2D eigenvalue weighted by Gasteiger charge is -2.05.